The van der Waals surface area contributed by atoms with Crippen molar-refractivity contribution in [3.8, 4) is 0 Å². The molecule has 1 aromatic rings. The third-order valence-corrected chi connectivity index (χ3v) is 1.49. The number of rotatable bonds is 2. The van der Waals surface area contributed by atoms with E-state index in [0.29, 0.717) is 5.02 Å². The fourth-order valence-corrected chi connectivity index (χ4v) is 0.815. The summed E-state index contributed by atoms with van der Waals surface area (Å²) in [7, 11) is 0. The molecular formula is C8H9ClN4. The zero-order valence-corrected chi connectivity index (χ0v) is 7.57. The lowest BCUT2D eigenvalue weighted by Crippen LogP contribution is -2.22. The summed E-state index contributed by atoms with van der Waals surface area (Å²) < 4.78 is 0. The average molecular weight is 197 g/mol. The zero-order chi connectivity index (χ0) is 9.68. The smallest absolute Gasteiger partial charge is 0.192 e. The highest BCUT2D eigenvalue weighted by Crippen LogP contribution is 2.15. The maximum atomic E-state index is 5.68. The number of hydrogen-bond acceptors (Lipinski definition) is 1. The van der Waals surface area contributed by atoms with E-state index in [2.05, 4.69) is 9.98 Å². The highest BCUT2D eigenvalue weighted by Gasteiger charge is 1.87. The van der Waals surface area contributed by atoms with Gasteiger partial charge in [-0.1, -0.05) is 11.6 Å². The molecule has 0 heterocycles. The summed E-state index contributed by atoms with van der Waals surface area (Å²) in [5.74, 6) is -0.0160. The molecule has 0 fully saturated rings. The minimum Gasteiger partial charge on any atom is -0.370 e. The topological polar surface area (TPSA) is 76.8 Å². The van der Waals surface area contributed by atoms with E-state index in [1.807, 2.05) is 0 Å². The largest absolute Gasteiger partial charge is 0.370 e. The lowest BCUT2D eigenvalue weighted by atomic mass is 10.3. The van der Waals surface area contributed by atoms with E-state index in [4.69, 9.17) is 23.1 Å². The molecule has 0 saturated carbocycles. The van der Waals surface area contributed by atoms with Crippen LogP contribution in [0, 0.1) is 0 Å². The first kappa shape index (κ1) is 9.54. The summed E-state index contributed by atoms with van der Waals surface area (Å²) >= 11 is 5.68. The highest BCUT2D eigenvalue weighted by molar-refractivity contribution is 6.30. The molecule has 0 aliphatic heterocycles. The molecule has 0 radical (unpaired) electrons. The van der Waals surface area contributed by atoms with Crippen LogP contribution in [0.2, 0.25) is 5.02 Å². The van der Waals surface area contributed by atoms with Crippen molar-refractivity contribution in [1.82, 2.24) is 0 Å². The van der Waals surface area contributed by atoms with Crippen molar-refractivity contribution in [1.29, 1.82) is 0 Å². The maximum absolute atomic E-state index is 5.68. The molecule has 1 rings (SSSR count). The van der Waals surface area contributed by atoms with Gasteiger partial charge in [-0.25, -0.2) is 9.98 Å². The first-order chi connectivity index (χ1) is 6.18. The summed E-state index contributed by atoms with van der Waals surface area (Å²) in [6.07, 6.45) is 1.29. The van der Waals surface area contributed by atoms with Gasteiger partial charge in [-0.05, 0) is 24.3 Å². The van der Waals surface area contributed by atoms with Gasteiger partial charge in [0.25, 0.3) is 0 Å². The van der Waals surface area contributed by atoms with Crippen molar-refractivity contribution in [2.45, 2.75) is 0 Å². The zero-order valence-electron chi connectivity index (χ0n) is 6.81. The average Bonchev–Trinajstić information content (AvgIpc) is 2.08. The molecule has 0 saturated heterocycles. The van der Waals surface area contributed by atoms with Crippen LogP contribution >= 0.6 is 11.6 Å². The standard InChI is InChI=1S/C8H9ClN4/c9-6-1-3-7(4-2-6)12-5-13-8(10)11/h1-5H,(H4,10,11,12,13). The van der Waals surface area contributed by atoms with Gasteiger partial charge < -0.3 is 11.5 Å². The molecule has 4 N–H and O–H groups in total. The van der Waals surface area contributed by atoms with Crippen LogP contribution in [0.15, 0.2) is 34.3 Å². The van der Waals surface area contributed by atoms with Gasteiger partial charge in [-0.2, -0.15) is 0 Å². The normalized spacial score (nSPS) is 10.2. The quantitative estimate of drug-likeness (QED) is 0.552. The predicted molar refractivity (Wildman–Crippen MR) is 55.4 cm³/mol. The van der Waals surface area contributed by atoms with Crippen molar-refractivity contribution in [2.75, 3.05) is 0 Å². The van der Waals surface area contributed by atoms with Gasteiger partial charge in [0, 0.05) is 5.02 Å². The fourth-order valence-electron chi connectivity index (χ4n) is 0.689. The maximum Gasteiger partial charge on any atom is 0.192 e. The van der Waals surface area contributed by atoms with Crippen LogP contribution in [-0.4, -0.2) is 12.3 Å². The van der Waals surface area contributed by atoms with Crippen LogP contribution in [-0.2, 0) is 0 Å². The summed E-state index contributed by atoms with van der Waals surface area (Å²) in [6.45, 7) is 0. The molecule has 0 atom stereocenters. The Kier molecular flexibility index (Phi) is 3.28. The molecule has 0 unspecified atom stereocenters. The molecule has 0 amide bonds. The second kappa shape index (κ2) is 4.47. The molecule has 13 heavy (non-hydrogen) atoms. The molecule has 68 valence electrons. The lowest BCUT2D eigenvalue weighted by molar-refractivity contribution is 1.46. The van der Waals surface area contributed by atoms with Crippen molar-refractivity contribution >= 4 is 29.6 Å². The number of guanidine groups is 1. The highest BCUT2D eigenvalue weighted by atomic mass is 35.5. The van der Waals surface area contributed by atoms with E-state index in [9.17, 15) is 0 Å². The number of nitrogens with two attached hydrogens (primary N) is 2. The number of hydrogen-bond donors (Lipinski definition) is 2. The number of aliphatic imine (C=N–C) groups is 2. The molecule has 0 aliphatic rings. The Balaban J connectivity index is 2.70. The Morgan fingerprint density at radius 1 is 1.23 bits per heavy atom. The molecule has 0 aliphatic carbocycles. The minimum absolute atomic E-state index is 0.0160. The van der Waals surface area contributed by atoms with E-state index in [-0.39, 0.29) is 5.96 Å². The Morgan fingerprint density at radius 3 is 2.38 bits per heavy atom. The van der Waals surface area contributed by atoms with Gasteiger partial charge in [0.1, 0.15) is 6.34 Å². The summed E-state index contributed by atoms with van der Waals surface area (Å²) in [5, 5.41) is 0.667. The third kappa shape index (κ3) is 3.57. The molecule has 1 aromatic carbocycles. The number of nitrogens with zero attached hydrogens (tertiary/aromatic N) is 2. The van der Waals surface area contributed by atoms with Crippen LogP contribution in [0.1, 0.15) is 0 Å². The Hall–Kier alpha value is -1.55. The van der Waals surface area contributed by atoms with E-state index >= 15 is 0 Å². The summed E-state index contributed by atoms with van der Waals surface area (Å²) in [5.41, 5.74) is 10.9. The van der Waals surface area contributed by atoms with Crippen LogP contribution in [0.4, 0.5) is 5.69 Å². The van der Waals surface area contributed by atoms with Crippen molar-refractivity contribution in [3.63, 3.8) is 0 Å². The first-order valence-corrected chi connectivity index (χ1v) is 3.93. The van der Waals surface area contributed by atoms with Gasteiger partial charge >= 0.3 is 0 Å². The van der Waals surface area contributed by atoms with Crippen LogP contribution in [0.25, 0.3) is 0 Å². The fraction of sp³-hybridized carbons (Fsp3) is 0. The number of halogens is 1. The SMILES string of the molecule is NC(N)=NC=Nc1ccc(Cl)cc1. The Labute approximate surface area is 80.9 Å². The van der Waals surface area contributed by atoms with Gasteiger partial charge in [-0.15, -0.1) is 0 Å². The Morgan fingerprint density at radius 2 is 1.85 bits per heavy atom. The van der Waals surface area contributed by atoms with Crippen LogP contribution in [0.3, 0.4) is 0 Å². The Bertz CT molecular complexity index is 325. The van der Waals surface area contributed by atoms with Gasteiger partial charge in [-0.3, -0.25) is 0 Å². The minimum atomic E-state index is -0.0160. The van der Waals surface area contributed by atoms with Gasteiger partial charge in [0.2, 0.25) is 0 Å². The van der Waals surface area contributed by atoms with E-state index in [1.54, 1.807) is 24.3 Å². The van der Waals surface area contributed by atoms with Crippen molar-refractivity contribution in [3.05, 3.63) is 29.3 Å². The summed E-state index contributed by atoms with van der Waals surface area (Å²) in [4.78, 5) is 7.55. The number of benzene rings is 1. The molecule has 4 nitrogen and oxygen atoms in total. The second-order valence-corrected chi connectivity index (χ2v) is 2.71. The molecule has 0 aromatic heterocycles. The molecule has 5 heteroatoms. The van der Waals surface area contributed by atoms with E-state index in [0.717, 1.165) is 5.69 Å². The van der Waals surface area contributed by atoms with Gasteiger partial charge in [0.05, 0.1) is 5.69 Å². The van der Waals surface area contributed by atoms with Crippen LogP contribution in [0.5, 0.6) is 0 Å². The van der Waals surface area contributed by atoms with Gasteiger partial charge in [0.15, 0.2) is 5.96 Å². The lowest BCUT2D eigenvalue weighted by Gasteiger charge is -1.91. The molecule has 0 spiro atoms. The molecular weight excluding hydrogens is 188 g/mol. The first-order valence-electron chi connectivity index (χ1n) is 3.55. The summed E-state index contributed by atoms with van der Waals surface area (Å²) in [6, 6.07) is 7.01. The third-order valence-electron chi connectivity index (χ3n) is 1.24. The second-order valence-electron chi connectivity index (χ2n) is 2.27. The van der Waals surface area contributed by atoms with E-state index < -0.39 is 0 Å². The van der Waals surface area contributed by atoms with Crippen molar-refractivity contribution < 1.29 is 0 Å². The van der Waals surface area contributed by atoms with Crippen LogP contribution < -0.4 is 11.5 Å². The van der Waals surface area contributed by atoms with E-state index in [1.165, 1.54) is 6.34 Å². The molecule has 0 bridgehead atoms. The van der Waals surface area contributed by atoms with Crippen molar-refractivity contribution in [2.24, 2.45) is 21.5 Å². The monoisotopic (exact) mass is 196 g/mol. The predicted octanol–water partition coefficient (Wildman–Crippen LogP) is 1.27.